The molecule has 20 heteroatoms. The quantitative estimate of drug-likeness (QED) is 0.0142. The van der Waals surface area contributed by atoms with Gasteiger partial charge in [0.05, 0.1) is 6.54 Å². The second-order valence-corrected chi connectivity index (χ2v) is 19.4. The van der Waals surface area contributed by atoms with Crippen LogP contribution >= 0.6 is 34.9 Å². The van der Waals surface area contributed by atoms with Crippen LogP contribution in [0.25, 0.3) is 0 Å². The summed E-state index contributed by atoms with van der Waals surface area (Å²) < 4.78 is 12.4. The third-order valence-electron chi connectivity index (χ3n) is 12.0. The Bertz CT molecular complexity index is 3240. The molecule has 2 aliphatic heterocycles. The van der Waals surface area contributed by atoms with Gasteiger partial charge in [-0.2, -0.15) is 0 Å². The van der Waals surface area contributed by atoms with Crippen molar-refractivity contribution >= 4 is 69.5 Å². The van der Waals surface area contributed by atoms with Crippen molar-refractivity contribution in [3.05, 3.63) is 234 Å². The maximum absolute atomic E-state index is 14.7. The number of H-pyrrole nitrogens is 1. The number of ether oxygens (including phenoxy) is 2. The minimum atomic E-state index is -1.11. The maximum Gasteiger partial charge on any atom is 0.356 e. The Kier molecular flexibility index (Phi) is 15.8. The smallest absolute Gasteiger partial charge is 0.356 e. The highest BCUT2D eigenvalue weighted by Gasteiger charge is 2.55. The number of nitrogens with zero attached hydrogens (tertiary/aromatic N) is 5. The first kappa shape index (κ1) is 50.6. The topological polar surface area (TPSA) is 216 Å². The van der Waals surface area contributed by atoms with Gasteiger partial charge in [0.15, 0.2) is 22.1 Å². The van der Waals surface area contributed by atoms with E-state index in [1.54, 1.807) is 16.9 Å². The first-order valence-corrected chi connectivity index (χ1v) is 25.9. The molecule has 0 bridgehead atoms. The van der Waals surface area contributed by atoms with Gasteiger partial charge in [0.25, 0.3) is 11.8 Å². The Morgan fingerprint density at radius 1 is 0.851 bits per heavy atom. The predicted octanol–water partition coefficient (Wildman–Crippen LogP) is 7.00. The molecule has 4 heterocycles. The van der Waals surface area contributed by atoms with Gasteiger partial charge in [0, 0.05) is 18.1 Å². The lowest BCUT2D eigenvalue weighted by Crippen LogP contribution is -2.71. The van der Waals surface area contributed by atoms with Crippen LogP contribution in [0.15, 0.2) is 200 Å². The van der Waals surface area contributed by atoms with Gasteiger partial charge in [-0.3, -0.25) is 33.4 Å². The molecule has 5 aromatic carbocycles. The number of aromatic nitrogens is 4. The molecule has 0 radical (unpaired) electrons. The number of amides is 2. The van der Waals surface area contributed by atoms with Crippen molar-refractivity contribution in [2.75, 3.05) is 24.8 Å². The maximum atomic E-state index is 14.7. The van der Waals surface area contributed by atoms with E-state index in [-0.39, 0.29) is 41.2 Å². The van der Waals surface area contributed by atoms with E-state index in [1.807, 2.05) is 152 Å². The molecule has 0 spiro atoms. The number of esters is 2. The highest BCUT2D eigenvalue weighted by Crippen LogP contribution is 2.43. The van der Waals surface area contributed by atoms with E-state index in [4.69, 9.17) is 19.3 Å². The van der Waals surface area contributed by atoms with Gasteiger partial charge in [0.2, 0.25) is 0 Å². The third kappa shape index (κ3) is 10.7. The molecule has 1 saturated heterocycles. The Labute approximate surface area is 436 Å². The van der Waals surface area contributed by atoms with Crippen LogP contribution in [0.2, 0.25) is 0 Å². The fourth-order valence-electron chi connectivity index (χ4n) is 8.55. The SMILES string of the molecule is CO/N=C(/C(=O)NC1C(=O)N2C(C(=O)OC(c3ccccc3)c3ccccc3)=C(/C=C/Sc3n[nH]c(=O)c(=O)n3CCOC(C)=O)CSC12)c1csc(NC(c2ccccc2)(c2ccccc2)c2ccccc2)n1. The molecule has 7 aromatic rings. The predicted molar refractivity (Wildman–Crippen MR) is 282 cm³/mol. The van der Waals surface area contributed by atoms with Crippen molar-refractivity contribution in [3.8, 4) is 0 Å². The van der Waals surface area contributed by atoms with Gasteiger partial charge in [-0.05, 0) is 44.9 Å². The number of carbonyl (C=O) groups excluding carboxylic acids is 4. The summed E-state index contributed by atoms with van der Waals surface area (Å²) in [5.74, 6) is -2.52. The number of benzene rings is 5. The molecule has 2 unspecified atom stereocenters. The monoisotopic (exact) mass is 1050 g/mol. The first-order chi connectivity index (χ1) is 36.1. The molecule has 2 aliphatic rings. The summed E-state index contributed by atoms with van der Waals surface area (Å²) in [7, 11) is 1.31. The third-order valence-corrected chi connectivity index (χ3v) is 14.8. The van der Waals surface area contributed by atoms with Crippen molar-refractivity contribution in [3.63, 3.8) is 0 Å². The van der Waals surface area contributed by atoms with Gasteiger partial charge >= 0.3 is 23.1 Å². The van der Waals surface area contributed by atoms with E-state index in [9.17, 15) is 28.8 Å². The van der Waals surface area contributed by atoms with Crippen LogP contribution in [0.1, 0.15) is 46.5 Å². The summed E-state index contributed by atoms with van der Waals surface area (Å²) in [6.07, 6.45) is 0.730. The van der Waals surface area contributed by atoms with Crippen molar-refractivity contribution in [1.29, 1.82) is 0 Å². The summed E-state index contributed by atoms with van der Waals surface area (Å²) in [6, 6.07) is 47.2. The highest BCUT2D eigenvalue weighted by molar-refractivity contribution is 8.02. The normalized spacial score (nSPS) is 15.6. The van der Waals surface area contributed by atoms with Crippen LogP contribution in [0.4, 0.5) is 5.13 Å². The van der Waals surface area contributed by atoms with E-state index in [2.05, 4.69) is 26.0 Å². The number of anilines is 1. The van der Waals surface area contributed by atoms with Crippen molar-refractivity contribution in [2.45, 2.75) is 41.7 Å². The first-order valence-electron chi connectivity index (χ1n) is 23.0. The molecule has 2 atom stereocenters. The zero-order valence-corrected chi connectivity index (χ0v) is 42.1. The van der Waals surface area contributed by atoms with Crippen LogP contribution in [0.3, 0.4) is 0 Å². The Balaban J connectivity index is 1.000. The number of aromatic amines is 1. The Hall–Kier alpha value is -8.33. The number of carbonyl (C=O) groups is 4. The van der Waals surface area contributed by atoms with Gasteiger partial charge in [0.1, 0.15) is 42.1 Å². The number of thioether (sulfide) groups is 2. The summed E-state index contributed by atoms with van der Waals surface area (Å²) in [6.45, 7) is 0.892. The van der Waals surface area contributed by atoms with Crippen LogP contribution in [-0.4, -0.2) is 85.0 Å². The molecule has 17 nitrogen and oxygen atoms in total. The minimum absolute atomic E-state index is 0.0561. The molecule has 3 N–H and O–H groups in total. The number of thiazole rings is 1. The number of rotatable bonds is 19. The second-order valence-electron chi connectivity index (χ2n) is 16.5. The molecular formula is C54H46N8O9S3. The lowest BCUT2D eigenvalue weighted by molar-refractivity contribution is -0.154. The largest absolute Gasteiger partial charge is 0.464 e. The van der Waals surface area contributed by atoms with Crippen LogP contribution in [-0.2, 0) is 45.6 Å². The van der Waals surface area contributed by atoms with Gasteiger partial charge in [-0.15, -0.1) is 28.2 Å². The van der Waals surface area contributed by atoms with E-state index >= 15 is 0 Å². The number of oxime groups is 1. The van der Waals surface area contributed by atoms with Crippen LogP contribution in [0.5, 0.6) is 0 Å². The highest BCUT2D eigenvalue weighted by atomic mass is 32.2. The average Bonchev–Trinajstić information content (AvgIpc) is 3.91. The van der Waals surface area contributed by atoms with Gasteiger partial charge in [-0.25, -0.2) is 14.9 Å². The molecule has 2 amide bonds. The van der Waals surface area contributed by atoms with E-state index in [0.29, 0.717) is 21.8 Å². The zero-order valence-electron chi connectivity index (χ0n) is 39.7. The minimum Gasteiger partial charge on any atom is -0.464 e. The van der Waals surface area contributed by atoms with Crippen LogP contribution in [0, 0.1) is 0 Å². The molecule has 0 aliphatic carbocycles. The van der Waals surface area contributed by atoms with E-state index < -0.39 is 57.9 Å². The Morgan fingerprint density at radius 2 is 1.42 bits per heavy atom. The molecule has 9 rings (SSSR count). The summed E-state index contributed by atoms with van der Waals surface area (Å²) in [5.41, 5.74) is 1.79. The number of hydrogen-bond donors (Lipinski definition) is 3. The molecule has 1 fully saturated rings. The van der Waals surface area contributed by atoms with Gasteiger partial charge < -0.3 is 24.9 Å². The number of nitrogens with one attached hydrogen (secondary N) is 3. The Morgan fingerprint density at radius 3 is 1.97 bits per heavy atom. The number of allylic oxidation sites excluding steroid dienone is 1. The lowest BCUT2D eigenvalue weighted by Gasteiger charge is -2.49. The summed E-state index contributed by atoms with van der Waals surface area (Å²) in [5, 5.41) is 19.9. The number of hydrogen-bond acceptors (Lipinski definition) is 16. The molecule has 0 saturated carbocycles. The summed E-state index contributed by atoms with van der Waals surface area (Å²) in [4.78, 5) is 91.4. The van der Waals surface area contributed by atoms with Crippen LogP contribution < -0.4 is 21.8 Å². The van der Waals surface area contributed by atoms with Crippen molar-refractivity contribution in [1.82, 2.24) is 30.0 Å². The molecular weight excluding hydrogens is 1000 g/mol. The average molecular weight is 1050 g/mol. The molecule has 2 aromatic heterocycles. The number of fused-ring (bicyclic) bond motifs is 1. The van der Waals surface area contributed by atoms with Crippen molar-refractivity contribution < 1.29 is 33.5 Å². The molecule has 74 heavy (non-hydrogen) atoms. The fraction of sp³-hybridized carbons (Fsp3) is 0.167. The number of β-lactam (4-membered cyclic amide) rings is 1. The van der Waals surface area contributed by atoms with E-state index in [0.717, 1.165) is 33.0 Å². The zero-order chi connectivity index (χ0) is 51.6. The summed E-state index contributed by atoms with van der Waals surface area (Å²) >= 11 is 3.52. The van der Waals surface area contributed by atoms with Crippen molar-refractivity contribution in [2.24, 2.45) is 5.16 Å². The van der Waals surface area contributed by atoms with Gasteiger partial charge in [-0.1, -0.05) is 169 Å². The standard InChI is InChI=1S/C54H46N8O9S3/c1-34(63)70-30-29-61-49(67)47(65)58-59-53(61)72-31-28-37-32-73-50-43(48(66)62(50)44(37)51(68)71-45(35-18-8-3-9-19-35)36-20-10-4-11-21-36)56-46(64)42(60-69-2)41-33-74-52(55-41)57-54(38-22-12-5-13-23-38,39-24-14-6-15-25-39)40-26-16-7-17-27-40/h3-28,31,33,43,45,50H,29-30,32H2,1-2H3,(H,55,57)(H,56,64)(H,58,65)/b31-28+,60-42+. The second kappa shape index (κ2) is 23.0. The molecule has 374 valence electrons. The van der Waals surface area contributed by atoms with E-state index in [1.165, 1.54) is 42.0 Å². The lowest BCUT2D eigenvalue weighted by atomic mass is 9.77. The fourth-order valence-corrected chi connectivity index (χ4v) is 11.4.